The fourth-order valence-electron chi connectivity index (χ4n) is 6.48. The van der Waals surface area contributed by atoms with Crippen molar-refractivity contribution >= 4 is 46.6 Å². The summed E-state index contributed by atoms with van der Waals surface area (Å²) in [5.74, 6) is 0.00777. The molecule has 3 amide bonds. The molecule has 0 radical (unpaired) electrons. The number of rotatable bonds is 4. The number of imide groups is 1. The zero-order valence-corrected chi connectivity index (χ0v) is 20.4. The van der Waals surface area contributed by atoms with Crippen molar-refractivity contribution < 1.29 is 14.4 Å². The third-order valence-corrected chi connectivity index (χ3v) is 8.51. The van der Waals surface area contributed by atoms with Gasteiger partial charge in [0.05, 0.1) is 22.4 Å². The minimum atomic E-state index is -0.383. The number of allylic oxidation sites excluding steroid dienone is 2. The van der Waals surface area contributed by atoms with E-state index in [1.54, 1.807) is 12.1 Å². The van der Waals surface area contributed by atoms with E-state index in [0.717, 1.165) is 17.5 Å². The topological polar surface area (TPSA) is 57.7 Å². The Balaban J connectivity index is 1.38. The van der Waals surface area contributed by atoms with Gasteiger partial charge in [-0.15, -0.1) is 0 Å². The smallest absolute Gasteiger partial charge is 0.261 e. The Morgan fingerprint density at radius 3 is 2.09 bits per heavy atom. The summed E-state index contributed by atoms with van der Waals surface area (Å²) >= 11 is 12.4. The van der Waals surface area contributed by atoms with Crippen molar-refractivity contribution in [2.75, 3.05) is 11.6 Å². The molecule has 174 valence electrons. The molecule has 0 N–H and O–H groups in total. The van der Waals surface area contributed by atoms with Crippen LogP contribution < -0.4 is 4.90 Å². The summed E-state index contributed by atoms with van der Waals surface area (Å²) in [6, 6.07) is 10.5. The van der Waals surface area contributed by atoms with E-state index in [1.807, 2.05) is 32.0 Å². The largest absolute Gasteiger partial charge is 0.289 e. The van der Waals surface area contributed by atoms with Crippen LogP contribution >= 0.6 is 23.2 Å². The van der Waals surface area contributed by atoms with Crippen LogP contribution in [0.2, 0.25) is 10.0 Å². The van der Waals surface area contributed by atoms with Gasteiger partial charge in [0.1, 0.15) is 6.67 Å². The van der Waals surface area contributed by atoms with Gasteiger partial charge in [-0.1, -0.05) is 41.4 Å². The number of hydrogen-bond acceptors (Lipinski definition) is 3. The van der Waals surface area contributed by atoms with Gasteiger partial charge in [-0.25, -0.2) is 0 Å². The number of nitrogens with zero attached hydrogens (tertiary/aromatic N) is 2. The highest BCUT2D eigenvalue weighted by Gasteiger charge is 2.67. The van der Waals surface area contributed by atoms with Crippen LogP contribution in [0.4, 0.5) is 5.69 Å². The summed E-state index contributed by atoms with van der Waals surface area (Å²) in [4.78, 5) is 43.7. The van der Waals surface area contributed by atoms with Crippen LogP contribution in [0, 0.1) is 49.4 Å². The van der Waals surface area contributed by atoms with E-state index in [2.05, 4.69) is 12.2 Å². The number of hydrogen-bond donors (Lipinski definition) is 0. The molecule has 2 aromatic carbocycles. The average Bonchev–Trinajstić information content (AvgIpc) is 3.56. The Morgan fingerprint density at radius 1 is 0.941 bits per heavy atom. The quantitative estimate of drug-likeness (QED) is 0.429. The SMILES string of the molecule is Cc1cc(C)cc(N(CN2C(=O)C3C4C=CC(C5CC45)C3C2=O)C(=O)c2ccc(Cl)cc2Cl)c1. The van der Waals surface area contributed by atoms with Gasteiger partial charge in [-0.05, 0) is 85.4 Å². The van der Waals surface area contributed by atoms with E-state index < -0.39 is 0 Å². The molecule has 3 fully saturated rings. The van der Waals surface area contributed by atoms with Gasteiger partial charge in [0.2, 0.25) is 11.8 Å². The number of carbonyl (C=O) groups excluding carboxylic acids is 3. The van der Waals surface area contributed by atoms with Crippen molar-refractivity contribution in [1.82, 2.24) is 4.90 Å². The summed E-state index contributed by atoms with van der Waals surface area (Å²) in [7, 11) is 0. The first-order valence-electron chi connectivity index (χ1n) is 11.6. The predicted molar refractivity (Wildman–Crippen MR) is 131 cm³/mol. The molecule has 6 atom stereocenters. The lowest BCUT2D eigenvalue weighted by atomic mass is 9.63. The molecular formula is C27H24Cl2N2O3. The fraction of sp³-hybridized carbons (Fsp3) is 0.370. The maximum Gasteiger partial charge on any atom is 0.261 e. The normalized spacial score (nSPS) is 30.4. The van der Waals surface area contributed by atoms with Crippen LogP contribution in [0.5, 0.6) is 0 Å². The maximum absolute atomic E-state index is 13.8. The van der Waals surface area contributed by atoms with Gasteiger partial charge >= 0.3 is 0 Å². The fourth-order valence-corrected chi connectivity index (χ4v) is 6.97. The number of likely N-dealkylation sites (tertiary alicyclic amines) is 1. The molecule has 1 saturated heterocycles. The van der Waals surface area contributed by atoms with E-state index in [-0.39, 0.29) is 58.6 Å². The highest BCUT2D eigenvalue weighted by atomic mass is 35.5. The van der Waals surface area contributed by atoms with Gasteiger partial charge < -0.3 is 0 Å². The molecule has 0 spiro atoms. The third kappa shape index (κ3) is 3.24. The Bertz CT molecular complexity index is 1230. The van der Waals surface area contributed by atoms with E-state index in [4.69, 9.17) is 23.2 Å². The van der Waals surface area contributed by atoms with Crippen molar-refractivity contribution in [3.63, 3.8) is 0 Å². The highest BCUT2D eigenvalue weighted by molar-refractivity contribution is 6.37. The van der Waals surface area contributed by atoms with E-state index in [9.17, 15) is 14.4 Å². The summed E-state index contributed by atoms with van der Waals surface area (Å²) < 4.78 is 0. The van der Waals surface area contributed by atoms with Crippen molar-refractivity contribution in [2.45, 2.75) is 20.3 Å². The molecule has 1 heterocycles. The second-order valence-corrected chi connectivity index (χ2v) is 10.9. The number of anilines is 1. The van der Waals surface area contributed by atoms with Crippen LogP contribution in [-0.2, 0) is 9.59 Å². The van der Waals surface area contributed by atoms with Crippen LogP contribution in [0.3, 0.4) is 0 Å². The lowest BCUT2D eigenvalue weighted by Crippen LogP contribution is -2.45. The van der Waals surface area contributed by atoms with Crippen LogP contribution in [0.25, 0.3) is 0 Å². The lowest BCUT2D eigenvalue weighted by Gasteiger charge is -2.37. The first-order valence-corrected chi connectivity index (χ1v) is 12.4. The first-order chi connectivity index (χ1) is 16.2. The zero-order valence-electron chi connectivity index (χ0n) is 18.9. The minimum absolute atomic E-state index is 0.137. The molecule has 2 aromatic rings. The summed E-state index contributed by atoms with van der Waals surface area (Å²) in [5, 5.41) is 0.650. The van der Waals surface area contributed by atoms with Crippen molar-refractivity contribution in [3.05, 3.63) is 75.3 Å². The zero-order chi connectivity index (χ0) is 23.9. The molecular weight excluding hydrogens is 471 g/mol. The van der Waals surface area contributed by atoms with Crippen LogP contribution in [0.1, 0.15) is 27.9 Å². The summed E-state index contributed by atoms with van der Waals surface area (Å²) in [6.07, 6.45) is 5.40. The predicted octanol–water partition coefficient (Wildman–Crippen LogP) is 5.27. The van der Waals surface area contributed by atoms with E-state index in [0.29, 0.717) is 22.5 Å². The standard InChI is InChI=1S/C27H24Cl2N2O3/c1-13-7-14(2)9-16(8-13)30(25(32)19-4-3-15(28)10-22(19)29)12-31-26(33)23-17-5-6-18(21-11-20(17)21)24(23)27(31)34/h3-10,17-18,20-21,23-24H,11-12H2,1-2H3. The van der Waals surface area contributed by atoms with Crippen molar-refractivity contribution in [1.29, 1.82) is 0 Å². The highest BCUT2D eigenvalue weighted by Crippen LogP contribution is 2.65. The van der Waals surface area contributed by atoms with Crippen LogP contribution in [0.15, 0.2) is 48.6 Å². The minimum Gasteiger partial charge on any atom is -0.289 e. The molecule has 0 aromatic heterocycles. The monoisotopic (exact) mass is 494 g/mol. The molecule has 4 aliphatic carbocycles. The van der Waals surface area contributed by atoms with E-state index in [1.165, 1.54) is 15.9 Å². The van der Waals surface area contributed by atoms with Gasteiger partial charge in [-0.2, -0.15) is 0 Å². The molecule has 34 heavy (non-hydrogen) atoms. The first kappa shape index (κ1) is 21.9. The molecule has 5 nitrogen and oxygen atoms in total. The van der Waals surface area contributed by atoms with E-state index >= 15 is 0 Å². The van der Waals surface area contributed by atoms with Crippen LogP contribution in [-0.4, -0.2) is 29.3 Å². The molecule has 2 bridgehead atoms. The van der Waals surface area contributed by atoms with Gasteiger partial charge in [-0.3, -0.25) is 24.2 Å². The van der Waals surface area contributed by atoms with Crippen molar-refractivity contribution in [2.24, 2.45) is 35.5 Å². The molecule has 7 heteroatoms. The second kappa shape index (κ2) is 7.69. The molecule has 1 aliphatic heterocycles. The molecule has 2 saturated carbocycles. The maximum atomic E-state index is 13.8. The summed E-state index contributed by atoms with van der Waals surface area (Å²) in [6.45, 7) is 3.76. The molecule has 6 unspecified atom stereocenters. The second-order valence-electron chi connectivity index (χ2n) is 10.1. The summed E-state index contributed by atoms with van der Waals surface area (Å²) in [5.41, 5.74) is 2.84. The average molecular weight is 495 g/mol. The molecule has 5 aliphatic rings. The lowest BCUT2D eigenvalue weighted by molar-refractivity contribution is -0.140. The Kier molecular flexibility index (Phi) is 4.95. The van der Waals surface area contributed by atoms with Gasteiger partial charge in [0.25, 0.3) is 5.91 Å². The number of carbonyl (C=O) groups is 3. The number of halogens is 2. The van der Waals surface area contributed by atoms with Gasteiger partial charge in [0, 0.05) is 10.7 Å². The number of benzene rings is 2. The van der Waals surface area contributed by atoms with Crippen molar-refractivity contribution in [3.8, 4) is 0 Å². The number of amides is 3. The number of aryl methyl sites for hydroxylation is 2. The Hall–Kier alpha value is -2.63. The Labute approximate surface area is 208 Å². The molecule has 7 rings (SSSR count). The van der Waals surface area contributed by atoms with Gasteiger partial charge in [0.15, 0.2) is 0 Å². The third-order valence-electron chi connectivity index (χ3n) is 7.96. The Morgan fingerprint density at radius 2 is 1.53 bits per heavy atom.